The predicted octanol–water partition coefficient (Wildman–Crippen LogP) is 4.58. The fraction of sp³-hybridized carbons (Fsp3) is 0.105. The SMILES string of the molecule is CCn1cc2nc3c(-c4ccc(F)cc4F)c(F)ccc3c(N)c2c1O. The third-order valence-corrected chi connectivity index (χ3v) is 4.49. The third-order valence-electron chi connectivity index (χ3n) is 4.49. The number of benzene rings is 2. The molecule has 0 aliphatic rings. The van der Waals surface area contributed by atoms with Gasteiger partial charge in [-0.15, -0.1) is 0 Å². The van der Waals surface area contributed by atoms with Crippen molar-refractivity contribution in [1.82, 2.24) is 9.55 Å². The second-order valence-corrected chi connectivity index (χ2v) is 5.97. The van der Waals surface area contributed by atoms with Crippen LogP contribution in [0, 0.1) is 17.5 Å². The molecule has 0 saturated carbocycles. The van der Waals surface area contributed by atoms with E-state index in [1.54, 1.807) is 10.8 Å². The summed E-state index contributed by atoms with van der Waals surface area (Å²) in [5.41, 5.74) is 6.71. The van der Waals surface area contributed by atoms with Crippen molar-refractivity contribution < 1.29 is 18.3 Å². The summed E-state index contributed by atoms with van der Waals surface area (Å²) in [6.45, 7) is 2.33. The van der Waals surface area contributed by atoms with Gasteiger partial charge in [-0.3, -0.25) is 0 Å². The number of aromatic hydroxyl groups is 1. The van der Waals surface area contributed by atoms with Crippen molar-refractivity contribution in [2.75, 3.05) is 5.73 Å². The number of anilines is 1. The molecule has 0 atom stereocenters. The first-order valence-electron chi connectivity index (χ1n) is 7.97. The van der Waals surface area contributed by atoms with Crippen LogP contribution >= 0.6 is 0 Å². The first-order chi connectivity index (χ1) is 12.4. The van der Waals surface area contributed by atoms with Crippen molar-refractivity contribution in [3.8, 4) is 17.0 Å². The third kappa shape index (κ3) is 2.20. The smallest absolute Gasteiger partial charge is 0.202 e. The van der Waals surface area contributed by atoms with Crippen LogP contribution in [0.5, 0.6) is 5.88 Å². The number of aryl methyl sites for hydroxylation is 1. The van der Waals surface area contributed by atoms with Crippen molar-refractivity contribution in [2.24, 2.45) is 0 Å². The highest BCUT2D eigenvalue weighted by atomic mass is 19.1. The zero-order valence-corrected chi connectivity index (χ0v) is 13.7. The topological polar surface area (TPSA) is 64.1 Å². The minimum Gasteiger partial charge on any atom is -0.494 e. The molecule has 0 unspecified atom stereocenters. The molecule has 2 heterocycles. The number of halogens is 3. The van der Waals surface area contributed by atoms with Crippen LogP contribution in [0.1, 0.15) is 6.92 Å². The maximum absolute atomic E-state index is 14.6. The van der Waals surface area contributed by atoms with E-state index in [4.69, 9.17) is 5.73 Å². The van der Waals surface area contributed by atoms with Gasteiger partial charge in [0.1, 0.15) is 17.5 Å². The monoisotopic (exact) mass is 357 g/mol. The van der Waals surface area contributed by atoms with E-state index in [1.165, 1.54) is 12.1 Å². The Hall–Kier alpha value is -3.22. The number of nitrogens with two attached hydrogens (primary N) is 1. The van der Waals surface area contributed by atoms with Crippen LogP contribution in [0.3, 0.4) is 0 Å². The van der Waals surface area contributed by atoms with Crippen molar-refractivity contribution in [3.63, 3.8) is 0 Å². The molecule has 0 aliphatic heterocycles. The molecule has 132 valence electrons. The number of hydrogen-bond donors (Lipinski definition) is 2. The minimum atomic E-state index is -0.897. The molecular formula is C19H14F3N3O. The average molecular weight is 357 g/mol. The number of pyridine rings is 1. The van der Waals surface area contributed by atoms with Crippen molar-refractivity contribution in [2.45, 2.75) is 13.5 Å². The summed E-state index contributed by atoms with van der Waals surface area (Å²) in [6, 6.07) is 5.49. The molecule has 2 aromatic carbocycles. The maximum atomic E-state index is 14.6. The van der Waals surface area contributed by atoms with Gasteiger partial charge in [-0.25, -0.2) is 18.2 Å². The summed E-state index contributed by atoms with van der Waals surface area (Å²) in [6.07, 6.45) is 1.59. The van der Waals surface area contributed by atoms with Crippen LogP contribution in [-0.4, -0.2) is 14.7 Å². The summed E-state index contributed by atoms with van der Waals surface area (Å²) < 4.78 is 43.6. The largest absolute Gasteiger partial charge is 0.494 e. The predicted molar refractivity (Wildman–Crippen MR) is 94.3 cm³/mol. The van der Waals surface area contributed by atoms with E-state index < -0.39 is 17.5 Å². The van der Waals surface area contributed by atoms with E-state index in [0.717, 1.165) is 12.1 Å². The van der Waals surface area contributed by atoms with Gasteiger partial charge in [0.2, 0.25) is 5.88 Å². The Labute approximate surface area is 146 Å². The molecule has 0 spiro atoms. The molecule has 7 heteroatoms. The van der Waals surface area contributed by atoms with Crippen LogP contribution in [0.2, 0.25) is 0 Å². The molecule has 4 aromatic rings. The lowest BCUT2D eigenvalue weighted by atomic mass is 9.99. The van der Waals surface area contributed by atoms with E-state index in [0.29, 0.717) is 28.9 Å². The molecule has 4 rings (SSSR count). The Morgan fingerprint density at radius 1 is 1.12 bits per heavy atom. The van der Waals surface area contributed by atoms with Gasteiger partial charge in [0.25, 0.3) is 0 Å². The molecule has 2 aromatic heterocycles. The second-order valence-electron chi connectivity index (χ2n) is 5.97. The summed E-state index contributed by atoms with van der Waals surface area (Å²) in [5.74, 6) is -2.39. The Morgan fingerprint density at radius 3 is 2.58 bits per heavy atom. The molecule has 4 nitrogen and oxygen atoms in total. The van der Waals surface area contributed by atoms with Crippen molar-refractivity contribution in [3.05, 3.63) is 54.0 Å². The normalized spacial score (nSPS) is 11.5. The van der Waals surface area contributed by atoms with E-state index in [1.807, 2.05) is 6.92 Å². The van der Waals surface area contributed by atoms with Crippen LogP contribution in [0.25, 0.3) is 32.9 Å². The van der Waals surface area contributed by atoms with E-state index in [-0.39, 0.29) is 28.2 Å². The van der Waals surface area contributed by atoms with E-state index >= 15 is 0 Å². The first kappa shape index (κ1) is 16.3. The Balaban J connectivity index is 2.15. The van der Waals surface area contributed by atoms with Gasteiger partial charge >= 0.3 is 0 Å². The highest BCUT2D eigenvalue weighted by molar-refractivity contribution is 6.12. The lowest BCUT2D eigenvalue weighted by molar-refractivity contribution is 0.427. The fourth-order valence-corrected chi connectivity index (χ4v) is 3.22. The highest BCUT2D eigenvalue weighted by Gasteiger charge is 2.21. The zero-order chi connectivity index (χ0) is 18.6. The van der Waals surface area contributed by atoms with Crippen LogP contribution in [0.15, 0.2) is 36.5 Å². The number of fused-ring (bicyclic) bond motifs is 2. The van der Waals surface area contributed by atoms with E-state index in [2.05, 4.69) is 4.98 Å². The molecule has 26 heavy (non-hydrogen) atoms. The van der Waals surface area contributed by atoms with Crippen molar-refractivity contribution >= 4 is 27.5 Å². The van der Waals surface area contributed by atoms with Crippen LogP contribution < -0.4 is 5.73 Å². The molecule has 0 radical (unpaired) electrons. The van der Waals surface area contributed by atoms with E-state index in [9.17, 15) is 18.3 Å². The summed E-state index contributed by atoms with van der Waals surface area (Å²) in [4.78, 5) is 4.41. The van der Waals surface area contributed by atoms with Crippen molar-refractivity contribution in [1.29, 1.82) is 0 Å². The van der Waals surface area contributed by atoms with Gasteiger partial charge in [-0.1, -0.05) is 0 Å². The lowest BCUT2D eigenvalue weighted by Crippen LogP contribution is -1.97. The fourth-order valence-electron chi connectivity index (χ4n) is 3.22. The molecule has 0 saturated heterocycles. The summed E-state index contributed by atoms with van der Waals surface area (Å²) in [5, 5.41) is 11.0. The first-order valence-corrected chi connectivity index (χ1v) is 7.97. The minimum absolute atomic E-state index is 0.0340. The Kier molecular flexibility index (Phi) is 3.54. The zero-order valence-electron chi connectivity index (χ0n) is 13.7. The van der Waals surface area contributed by atoms with Gasteiger partial charge < -0.3 is 15.4 Å². The van der Waals surface area contributed by atoms with Gasteiger partial charge in [0, 0.05) is 35.3 Å². The summed E-state index contributed by atoms with van der Waals surface area (Å²) >= 11 is 0. The molecule has 0 aliphatic carbocycles. The van der Waals surface area contributed by atoms with Crippen LogP contribution in [-0.2, 0) is 6.54 Å². The molecule has 0 amide bonds. The molecular weight excluding hydrogens is 343 g/mol. The van der Waals surface area contributed by atoms with Crippen LogP contribution in [0.4, 0.5) is 18.9 Å². The molecule has 0 fully saturated rings. The molecule has 0 bridgehead atoms. The molecule has 3 N–H and O–H groups in total. The maximum Gasteiger partial charge on any atom is 0.202 e. The van der Waals surface area contributed by atoms with Gasteiger partial charge in [-0.05, 0) is 31.2 Å². The number of aromatic nitrogens is 2. The number of nitrogen functional groups attached to an aromatic ring is 1. The Morgan fingerprint density at radius 2 is 1.88 bits per heavy atom. The highest BCUT2D eigenvalue weighted by Crippen LogP contribution is 2.40. The van der Waals surface area contributed by atoms with Gasteiger partial charge in [0.05, 0.1) is 22.1 Å². The average Bonchev–Trinajstić information content (AvgIpc) is 2.92. The Bertz CT molecular complexity index is 1180. The standard InChI is InChI=1S/C19H14F3N3O/c1-2-25-8-14-16(19(25)26)17(23)11-5-6-12(21)15(18(11)24-14)10-4-3-9(20)7-13(10)22/h3-8,26H,2,23H2,1H3. The van der Waals surface area contributed by atoms with Gasteiger partial charge in [-0.2, -0.15) is 0 Å². The second kappa shape index (κ2) is 5.66. The number of rotatable bonds is 2. The number of hydrogen-bond acceptors (Lipinski definition) is 3. The lowest BCUT2D eigenvalue weighted by Gasteiger charge is -2.11. The quantitative estimate of drug-likeness (QED) is 0.552. The number of nitrogens with zero attached hydrogens (tertiary/aromatic N) is 2. The summed E-state index contributed by atoms with van der Waals surface area (Å²) in [7, 11) is 0. The van der Waals surface area contributed by atoms with Gasteiger partial charge in [0.15, 0.2) is 0 Å².